The maximum atomic E-state index is 12.0. The predicted molar refractivity (Wildman–Crippen MR) is 71.0 cm³/mol. The topological polar surface area (TPSA) is 55.7 Å². The van der Waals surface area contributed by atoms with E-state index in [1.165, 1.54) is 0 Å². The van der Waals surface area contributed by atoms with Crippen LogP contribution in [-0.2, 0) is 9.53 Å². The third-order valence-electron chi connectivity index (χ3n) is 3.35. The monoisotopic (exact) mass is 253 g/mol. The third kappa shape index (κ3) is 3.40. The van der Waals surface area contributed by atoms with Gasteiger partial charge in [-0.05, 0) is 39.0 Å². The van der Waals surface area contributed by atoms with Gasteiger partial charge in [-0.15, -0.1) is 0 Å². The molecule has 18 heavy (non-hydrogen) atoms. The highest BCUT2D eigenvalue weighted by Crippen LogP contribution is 2.60. The average molecular weight is 253 g/mol. The predicted octanol–water partition coefficient (Wildman–Crippen LogP) is 3.31. The number of carbonyl (C=O) groups is 1. The number of allylic oxidation sites excluding steroid dienone is 1. The SMILES string of the molecule is CC(=CC1C(C(=O)OC(C)(C)C)C1(C)C)CN=O. The minimum absolute atomic E-state index is 0.0908. The Morgan fingerprint density at radius 1 is 1.39 bits per heavy atom. The maximum absolute atomic E-state index is 12.0. The average Bonchev–Trinajstić information content (AvgIpc) is 2.65. The number of carbonyl (C=O) groups excluding carboxylic acids is 1. The van der Waals surface area contributed by atoms with E-state index in [4.69, 9.17) is 4.74 Å². The molecule has 0 radical (unpaired) electrons. The Kier molecular flexibility index (Phi) is 3.99. The standard InChI is InChI=1S/C14H23NO3/c1-9(8-15-17)7-10-11(14(10,5)6)12(16)18-13(2,3)4/h7,10-11H,8H2,1-6H3. The molecule has 0 aliphatic heterocycles. The number of hydrogen-bond donors (Lipinski definition) is 0. The number of ether oxygens (including phenoxy) is 1. The normalized spacial score (nSPS) is 26.7. The molecule has 0 aromatic carbocycles. The molecule has 0 aromatic rings. The fourth-order valence-electron chi connectivity index (χ4n) is 2.27. The van der Waals surface area contributed by atoms with E-state index in [1.54, 1.807) is 0 Å². The first-order valence-electron chi connectivity index (χ1n) is 6.29. The minimum atomic E-state index is -0.455. The molecule has 1 saturated carbocycles. The first-order valence-corrected chi connectivity index (χ1v) is 6.29. The molecular formula is C14H23NO3. The summed E-state index contributed by atoms with van der Waals surface area (Å²) in [6.07, 6.45) is 1.98. The molecule has 4 nitrogen and oxygen atoms in total. The van der Waals surface area contributed by atoms with Crippen molar-refractivity contribution in [3.63, 3.8) is 0 Å². The van der Waals surface area contributed by atoms with E-state index in [0.29, 0.717) is 0 Å². The lowest BCUT2D eigenvalue weighted by atomic mass is 10.1. The lowest BCUT2D eigenvalue weighted by molar-refractivity contribution is -0.157. The molecule has 0 heterocycles. The van der Waals surface area contributed by atoms with E-state index in [2.05, 4.69) is 5.18 Å². The number of nitroso groups, excluding NO2 is 1. The fourth-order valence-corrected chi connectivity index (χ4v) is 2.27. The highest BCUT2D eigenvalue weighted by Gasteiger charge is 2.61. The van der Waals surface area contributed by atoms with Crippen LogP contribution in [0.3, 0.4) is 0 Å². The van der Waals surface area contributed by atoms with Gasteiger partial charge in [-0.2, -0.15) is 4.91 Å². The van der Waals surface area contributed by atoms with Gasteiger partial charge in [0.1, 0.15) is 12.1 Å². The highest BCUT2D eigenvalue weighted by molar-refractivity contribution is 5.78. The molecular weight excluding hydrogens is 230 g/mol. The van der Waals surface area contributed by atoms with Crippen molar-refractivity contribution >= 4 is 5.97 Å². The van der Waals surface area contributed by atoms with Gasteiger partial charge in [0.05, 0.1) is 5.92 Å². The second-order valence-electron chi connectivity index (χ2n) is 6.66. The summed E-state index contributed by atoms with van der Waals surface area (Å²) in [4.78, 5) is 22.2. The Balaban J connectivity index is 2.72. The second kappa shape index (κ2) is 4.82. The van der Waals surface area contributed by atoms with Crippen LogP contribution in [0.4, 0.5) is 0 Å². The van der Waals surface area contributed by atoms with Gasteiger partial charge >= 0.3 is 5.97 Å². The molecule has 1 rings (SSSR count). The van der Waals surface area contributed by atoms with Crippen LogP contribution in [-0.4, -0.2) is 18.1 Å². The van der Waals surface area contributed by atoms with Gasteiger partial charge in [-0.25, -0.2) is 0 Å². The smallest absolute Gasteiger partial charge is 0.310 e. The fraction of sp³-hybridized carbons (Fsp3) is 0.786. The van der Waals surface area contributed by atoms with Crippen molar-refractivity contribution in [3.8, 4) is 0 Å². The van der Waals surface area contributed by atoms with Crippen LogP contribution in [0.25, 0.3) is 0 Å². The molecule has 0 amide bonds. The number of rotatable bonds is 4. The molecule has 1 aliphatic carbocycles. The molecule has 0 spiro atoms. The maximum Gasteiger partial charge on any atom is 0.310 e. The molecule has 2 unspecified atom stereocenters. The van der Waals surface area contributed by atoms with Crippen LogP contribution in [0.1, 0.15) is 41.5 Å². The Bertz CT molecular complexity index is 377. The zero-order chi connectivity index (χ0) is 14.1. The quantitative estimate of drug-likeness (QED) is 0.439. The Morgan fingerprint density at radius 2 is 1.94 bits per heavy atom. The van der Waals surface area contributed by atoms with Crippen molar-refractivity contribution < 1.29 is 9.53 Å². The van der Waals surface area contributed by atoms with Crippen molar-refractivity contribution in [2.45, 2.75) is 47.1 Å². The van der Waals surface area contributed by atoms with Crippen molar-refractivity contribution in [1.29, 1.82) is 0 Å². The molecule has 1 aliphatic rings. The van der Waals surface area contributed by atoms with Gasteiger partial charge in [0.15, 0.2) is 0 Å². The molecule has 2 atom stereocenters. The Labute approximate surface area is 109 Å². The second-order valence-corrected chi connectivity index (χ2v) is 6.66. The molecule has 0 bridgehead atoms. The lowest BCUT2D eigenvalue weighted by Crippen LogP contribution is -2.26. The van der Waals surface area contributed by atoms with Crippen molar-refractivity contribution in [1.82, 2.24) is 0 Å². The summed E-state index contributed by atoms with van der Waals surface area (Å²) in [5.74, 6) is -0.118. The zero-order valence-corrected chi connectivity index (χ0v) is 12.1. The first kappa shape index (κ1) is 14.9. The van der Waals surface area contributed by atoms with Crippen molar-refractivity contribution in [3.05, 3.63) is 16.6 Å². The van der Waals surface area contributed by atoms with Crippen LogP contribution in [0.2, 0.25) is 0 Å². The van der Waals surface area contributed by atoms with Gasteiger partial charge in [-0.1, -0.05) is 30.7 Å². The summed E-state index contributed by atoms with van der Waals surface area (Å²) in [5.41, 5.74) is 0.365. The summed E-state index contributed by atoms with van der Waals surface area (Å²) < 4.78 is 5.42. The Morgan fingerprint density at radius 3 is 2.39 bits per heavy atom. The van der Waals surface area contributed by atoms with Crippen LogP contribution < -0.4 is 0 Å². The Hall–Kier alpha value is -1.19. The molecule has 102 valence electrons. The van der Waals surface area contributed by atoms with Gasteiger partial charge in [0.2, 0.25) is 0 Å². The summed E-state index contributed by atoms with van der Waals surface area (Å²) in [6.45, 7) is 11.7. The van der Waals surface area contributed by atoms with Crippen LogP contribution in [0.15, 0.2) is 16.8 Å². The zero-order valence-electron chi connectivity index (χ0n) is 12.1. The molecule has 4 heteroatoms. The molecule has 1 fully saturated rings. The first-order chi connectivity index (χ1) is 8.09. The van der Waals surface area contributed by atoms with Gasteiger partial charge in [0, 0.05) is 0 Å². The third-order valence-corrected chi connectivity index (χ3v) is 3.35. The van der Waals surface area contributed by atoms with Crippen LogP contribution >= 0.6 is 0 Å². The summed E-state index contributed by atoms with van der Waals surface area (Å²) in [7, 11) is 0. The summed E-state index contributed by atoms with van der Waals surface area (Å²) in [6, 6.07) is 0. The number of esters is 1. The van der Waals surface area contributed by atoms with E-state index in [0.717, 1.165) is 5.57 Å². The van der Waals surface area contributed by atoms with Crippen LogP contribution in [0, 0.1) is 22.2 Å². The number of nitrogens with zero attached hydrogens (tertiary/aromatic N) is 1. The van der Waals surface area contributed by atoms with Crippen LogP contribution in [0.5, 0.6) is 0 Å². The van der Waals surface area contributed by atoms with E-state index in [1.807, 2.05) is 47.6 Å². The van der Waals surface area contributed by atoms with E-state index in [-0.39, 0.29) is 29.8 Å². The van der Waals surface area contributed by atoms with Gasteiger partial charge in [-0.3, -0.25) is 4.79 Å². The van der Waals surface area contributed by atoms with Crippen molar-refractivity contribution in [2.75, 3.05) is 6.54 Å². The van der Waals surface area contributed by atoms with Gasteiger partial charge < -0.3 is 4.74 Å². The minimum Gasteiger partial charge on any atom is -0.460 e. The lowest BCUT2D eigenvalue weighted by Gasteiger charge is -2.19. The molecule has 0 saturated heterocycles. The summed E-state index contributed by atoms with van der Waals surface area (Å²) in [5, 5.41) is 2.86. The highest BCUT2D eigenvalue weighted by atomic mass is 16.6. The summed E-state index contributed by atoms with van der Waals surface area (Å²) >= 11 is 0. The van der Waals surface area contributed by atoms with Gasteiger partial charge in [0.25, 0.3) is 0 Å². The van der Waals surface area contributed by atoms with E-state index < -0.39 is 5.60 Å². The number of hydrogen-bond acceptors (Lipinski definition) is 4. The molecule has 0 N–H and O–H groups in total. The van der Waals surface area contributed by atoms with E-state index in [9.17, 15) is 9.70 Å². The molecule has 0 aromatic heterocycles. The van der Waals surface area contributed by atoms with E-state index >= 15 is 0 Å². The largest absolute Gasteiger partial charge is 0.460 e. The van der Waals surface area contributed by atoms with Crippen molar-refractivity contribution in [2.24, 2.45) is 22.4 Å².